The molecule has 1 atom stereocenters. The van der Waals surface area contributed by atoms with Gasteiger partial charge >= 0.3 is 0 Å². The highest BCUT2D eigenvalue weighted by Crippen LogP contribution is 2.13. The van der Waals surface area contributed by atoms with Gasteiger partial charge in [-0.1, -0.05) is 30.3 Å². The van der Waals surface area contributed by atoms with E-state index in [2.05, 4.69) is 39.8 Å². The number of likely N-dealkylation sites (tertiary alicyclic amines) is 1. The van der Waals surface area contributed by atoms with Crippen molar-refractivity contribution in [3.05, 3.63) is 35.9 Å². The highest BCUT2D eigenvalue weighted by molar-refractivity contribution is 5.78. The third-order valence-corrected chi connectivity index (χ3v) is 3.59. The monoisotopic (exact) mass is 289 g/mol. The van der Waals surface area contributed by atoms with Gasteiger partial charge in [0, 0.05) is 31.2 Å². The van der Waals surface area contributed by atoms with Gasteiger partial charge in [-0.3, -0.25) is 9.69 Å². The van der Waals surface area contributed by atoms with Crippen LogP contribution in [0.5, 0.6) is 0 Å². The van der Waals surface area contributed by atoms with E-state index in [4.69, 9.17) is 0 Å². The molecule has 0 saturated carbocycles. The zero-order valence-electron chi connectivity index (χ0n) is 13.4. The Morgan fingerprint density at radius 2 is 2.00 bits per heavy atom. The summed E-state index contributed by atoms with van der Waals surface area (Å²) < 4.78 is 0. The van der Waals surface area contributed by atoms with Crippen molar-refractivity contribution in [3.63, 3.8) is 0 Å². The summed E-state index contributed by atoms with van der Waals surface area (Å²) in [5.74, 6) is 0.0732. The molecule has 2 N–H and O–H groups in total. The summed E-state index contributed by atoms with van der Waals surface area (Å²) in [5.41, 5.74) is 1.19. The van der Waals surface area contributed by atoms with Crippen molar-refractivity contribution in [2.24, 2.45) is 0 Å². The van der Waals surface area contributed by atoms with Crippen LogP contribution in [0.3, 0.4) is 0 Å². The molecule has 0 aromatic heterocycles. The first-order valence-corrected chi connectivity index (χ1v) is 7.73. The van der Waals surface area contributed by atoms with E-state index in [1.54, 1.807) is 0 Å². The van der Waals surface area contributed by atoms with Gasteiger partial charge in [0.05, 0.1) is 6.54 Å². The molecule has 1 heterocycles. The summed E-state index contributed by atoms with van der Waals surface area (Å²) >= 11 is 0. The second-order valence-corrected chi connectivity index (χ2v) is 6.89. The molecule has 1 amide bonds. The number of amides is 1. The maximum Gasteiger partial charge on any atom is 0.234 e. The largest absolute Gasteiger partial charge is 0.350 e. The highest BCUT2D eigenvalue weighted by atomic mass is 16.2. The van der Waals surface area contributed by atoms with Crippen molar-refractivity contribution < 1.29 is 4.79 Å². The summed E-state index contributed by atoms with van der Waals surface area (Å²) in [7, 11) is 0. The zero-order valence-corrected chi connectivity index (χ0v) is 13.4. The molecule has 0 radical (unpaired) electrons. The number of carbonyl (C=O) groups excluding carboxylic acids is 1. The highest BCUT2D eigenvalue weighted by Gasteiger charge is 2.23. The lowest BCUT2D eigenvalue weighted by molar-refractivity contribution is -0.121. The minimum atomic E-state index is -0.159. The number of rotatable bonds is 5. The second kappa shape index (κ2) is 7.05. The fourth-order valence-electron chi connectivity index (χ4n) is 2.68. The van der Waals surface area contributed by atoms with Crippen LogP contribution in [0.15, 0.2) is 30.3 Å². The quantitative estimate of drug-likeness (QED) is 0.868. The van der Waals surface area contributed by atoms with Gasteiger partial charge in [-0.05, 0) is 32.8 Å². The zero-order chi connectivity index (χ0) is 15.3. The van der Waals surface area contributed by atoms with Crippen LogP contribution in [-0.4, -0.2) is 42.0 Å². The van der Waals surface area contributed by atoms with E-state index in [-0.39, 0.29) is 11.4 Å². The molecule has 4 nitrogen and oxygen atoms in total. The molecule has 116 valence electrons. The molecule has 0 spiro atoms. The molecule has 21 heavy (non-hydrogen) atoms. The number of carbonyl (C=O) groups is 1. The van der Waals surface area contributed by atoms with Crippen LogP contribution in [0.1, 0.15) is 32.8 Å². The molecule has 0 bridgehead atoms. The van der Waals surface area contributed by atoms with Gasteiger partial charge in [-0.25, -0.2) is 0 Å². The maximum absolute atomic E-state index is 11.8. The van der Waals surface area contributed by atoms with Gasteiger partial charge in [0.1, 0.15) is 0 Å². The Balaban J connectivity index is 1.69. The standard InChI is InChI=1S/C17H27N3O/c1-17(2,3)19-16(21)11-18-15-9-10-20(13-15)12-14-7-5-4-6-8-14/h4-8,15,18H,9-13H2,1-3H3,(H,19,21). The van der Waals surface area contributed by atoms with Crippen molar-refractivity contribution in [1.82, 2.24) is 15.5 Å². The third kappa shape index (κ3) is 5.86. The number of nitrogens with one attached hydrogen (secondary N) is 2. The summed E-state index contributed by atoms with van der Waals surface area (Å²) in [6.07, 6.45) is 1.11. The summed E-state index contributed by atoms with van der Waals surface area (Å²) in [4.78, 5) is 14.2. The van der Waals surface area contributed by atoms with Gasteiger partial charge < -0.3 is 10.6 Å². The van der Waals surface area contributed by atoms with Crippen molar-refractivity contribution >= 4 is 5.91 Å². The van der Waals surface area contributed by atoms with E-state index in [9.17, 15) is 4.79 Å². The number of benzene rings is 1. The molecule has 1 aliphatic heterocycles. The van der Waals surface area contributed by atoms with Crippen LogP contribution < -0.4 is 10.6 Å². The lowest BCUT2D eigenvalue weighted by Crippen LogP contribution is -2.47. The van der Waals surface area contributed by atoms with Crippen LogP contribution in [-0.2, 0) is 11.3 Å². The van der Waals surface area contributed by atoms with Crippen LogP contribution in [0.2, 0.25) is 0 Å². The van der Waals surface area contributed by atoms with Crippen LogP contribution >= 0.6 is 0 Å². The summed E-state index contributed by atoms with van der Waals surface area (Å²) in [5, 5.41) is 6.35. The average molecular weight is 289 g/mol. The van der Waals surface area contributed by atoms with Crippen LogP contribution in [0.4, 0.5) is 0 Å². The average Bonchev–Trinajstić information content (AvgIpc) is 2.83. The van der Waals surface area contributed by atoms with Crippen LogP contribution in [0, 0.1) is 0 Å². The predicted molar refractivity (Wildman–Crippen MR) is 86.0 cm³/mol. The fraction of sp³-hybridized carbons (Fsp3) is 0.588. The normalized spacial score (nSPS) is 19.7. The molecule has 1 aromatic rings. The number of nitrogens with zero attached hydrogens (tertiary/aromatic N) is 1. The minimum absolute atomic E-state index is 0.0732. The van der Waals surface area contributed by atoms with Crippen molar-refractivity contribution in [2.75, 3.05) is 19.6 Å². The molecule has 1 fully saturated rings. The maximum atomic E-state index is 11.8. The summed E-state index contributed by atoms with van der Waals surface area (Å²) in [6.45, 7) is 9.51. The lowest BCUT2D eigenvalue weighted by atomic mass is 10.1. The molecule has 1 aromatic carbocycles. The van der Waals surface area contributed by atoms with E-state index in [0.29, 0.717) is 12.6 Å². The lowest BCUT2D eigenvalue weighted by Gasteiger charge is -2.21. The fourth-order valence-corrected chi connectivity index (χ4v) is 2.68. The van der Waals surface area contributed by atoms with E-state index in [1.807, 2.05) is 26.8 Å². The van der Waals surface area contributed by atoms with E-state index >= 15 is 0 Å². The number of hydrogen-bond acceptors (Lipinski definition) is 3. The molecule has 1 unspecified atom stereocenters. The van der Waals surface area contributed by atoms with Crippen molar-refractivity contribution in [1.29, 1.82) is 0 Å². The first kappa shape index (κ1) is 16.0. The Morgan fingerprint density at radius 1 is 1.29 bits per heavy atom. The Kier molecular flexibility index (Phi) is 5.37. The van der Waals surface area contributed by atoms with Gasteiger partial charge in [-0.2, -0.15) is 0 Å². The molecule has 1 saturated heterocycles. The molecule has 1 aliphatic rings. The SMILES string of the molecule is CC(C)(C)NC(=O)CNC1CCN(Cc2ccccc2)C1. The minimum Gasteiger partial charge on any atom is -0.350 e. The molecular weight excluding hydrogens is 262 g/mol. The Hall–Kier alpha value is -1.39. The van der Waals surface area contributed by atoms with Crippen molar-refractivity contribution in [2.45, 2.75) is 45.3 Å². The first-order chi connectivity index (χ1) is 9.92. The Bertz CT molecular complexity index is 453. The predicted octanol–water partition coefficient (Wildman–Crippen LogP) is 1.77. The topological polar surface area (TPSA) is 44.4 Å². The Labute approximate surface area is 127 Å². The third-order valence-electron chi connectivity index (χ3n) is 3.59. The molecular formula is C17H27N3O. The number of hydrogen-bond donors (Lipinski definition) is 2. The van der Waals surface area contributed by atoms with Gasteiger partial charge in [0.15, 0.2) is 0 Å². The van der Waals surface area contributed by atoms with E-state index in [0.717, 1.165) is 26.1 Å². The second-order valence-electron chi connectivity index (χ2n) is 6.89. The summed E-state index contributed by atoms with van der Waals surface area (Å²) in [6, 6.07) is 11.0. The van der Waals surface area contributed by atoms with Gasteiger partial charge in [0.25, 0.3) is 0 Å². The molecule has 4 heteroatoms. The van der Waals surface area contributed by atoms with Crippen molar-refractivity contribution in [3.8, 4) is 0 Å². The van der Waals surface area contributed by atoms with Crippen LogP contribution in [0.25, 0.3) is 0 Å². The van der Waals surface area contributed by atoms with E-state index < -0.39 is 0 Å². The molecule has 2 rings (SSSR count). The van der Waals surface area contributed by atoms with E-state index in [1.165, 1.54) is 5.56 Å². The first-order valence-electron chi connectivity index (χ1n) is 7.73. The molecule has 0 aliphatic carbocycles. The smallest absolute Gasteiger partial charge is 0.234 e. The Morgan fingerprint density at radius 3 is 2.67 bits per heavy atom. The van der Waals surface area contributed by atoms with Gasteiger partial charge in [0.2, 0.25) is 5.91 Å². The van der Waals surface area contributed by atoms with Gasteiger partial charge in [-0.15, -0.1) is 0 Å².